The van der Waals surface area contributed by atoms with E-state index < -0.39 is 0 Å². The van der Waals surface area contributed by atoms with Gasteiger partial charge in [-0.25, -0.2) is 0 Å². The quantitative estimate of drug-likeness (QED) is 0.711. The molecule has 0 spiro atoms. The molecule has 0 N–H and O–H groups in total. The summed E-state index contributed by atoms with van der Waals surface area (Å²) in [7, 11) is 1.65. The van der Waals surface area contributed by atoms with Gasteiger partial charge in [-0.2, -0.15) is 0 Å². The van der Waals surface area contributed by atoms with Crippen molar-refractivity contribution in [2.24, 2.45) is 0 Å². The third-order valence-corrected chi connectivity index (χ3v) is 3.54. The highest BCUT2D eigenvalue weighted by atomic mass is 35.5. The Kier molecular flexibility index (Phi) is 5.31. The van der Waals surface area contributed by atoms with Crippen molar-refractivity contribution in [3.63, 3.8) is 0 Å². The Hall–Kier alpha value is -1.67. The van der Waals surface area contributed by atoms with Crippen molar-refractivity contribution >= 4 is 11.6 Å². The lowest BCUT2D eigenvalue weighted by Gasteiger charge is -2.13. The molecule has 0 bridgehead atoms. The van der Waals surface area contributed by atoms with E-state index in [1.54, 1.807) is 7.11 Å². The van der Waals surface area contributed by atoms with Crippen LogP contribution in [0.4, 0.5) is 0 Å². The van der Waals surface area contributed by atoms with Gasteiger partial charge in [-0.1, -0.05) is 31.2 Å². The molecule has 1 atom stereocenters. The van der Waals surface area contributed by atoms with Gasteiger partial charge in [0.25, 0.3) is 0 Å². The Labute approximate surface area is 125 Å². The van der Waals surface area contributed by atoms with E-state index in [0.717, 1.165) is 35.7 Å². The molecule has 0 fully saturated rings. The molecule has 2 nitrogen and oxygen atoms in total. The molecule has 106 valence electrons. The minimum absolute atomic E-state index is 0.189. The minimum Gasteiger partial charge on any atom is -0.497 e. The van der Waals surface area contributed by atoms with Crippen LogP contribution in [0.2, 0.25) is 0 Å². The average molecular weight is 291 g/mol. The highest BCUT2D eigenvalue weighted by molar-refractivity contribution is 6.22. The summed E-state index contributed by atoms with van der Waals surface area (Å²) in [5, 5.41) is -0.189. The first-order chi connectivity index (χ1) is 9.74. The van der Waals surface area contributed by atoms with Crippen LogP contribution in [0.1, 0.15) is 29.8 Å². The molecule has 2 rings (SSSR count). The van der Waals surface area contributed by atoms with Crippen LogP contribution in [0, 0.1) is 0 Å². The SMILES string of the molecule is CCCOc1cccc(C(Cl)c2ccc(OC)cc2)c1. The van der Waals surface area contributed by atoms with Gasteiger partial charge in [0.15, 0.2) is 0 Å². The van der Waals surface area contributed by atoms with Gasteiger partial charge < -0.3 is 9.47 Å². The number of hydrogen-bond acceptors (Lipinski definition) is 2. The summed E-state index contributed by atoms with van der Waals surface area (Å²) < 4.78 is 10.8. The van der Waals surface area contributed by atoms with E-state index in [2.05, 4.69) is 6.92 Å². The fraction of sp³-hybridized carbons (Fsp3) is 0.294. The number of methoxy groups -OCH3 is 1. The van der Waals surface area contributed by atoms with Crippen molar-refractivity contribution < 1.29 is 9.47 Å². The Bertz CT molecular complexity index is 537. The van der Waals surface area contributed by atoms with Crippen molar-refractivity contribution in [3.8, 4) is 11.5 Å². The van der Waals surface area contributed by atoms with Crippen LogP contribution < -0.4 is 9.47 Å². The first-order valence-corrected chi connectivity index (χ1v) is 7.19. The summed E-state index contributed by atoms with van der Waals surface area (Å²) in [5.74, 6) is 1.70. The topological polar surface area (TPSA) is 18.5 Å². The monoisotopic (exact) mass is 290 g/mol. The zero-order valence-electron chi connectivity index (χ0n) is 11.8. The summed E-state index contributed by atoms with van der Waals surface area (Å²) in [6, 6.07) is 15.7. The number of hydrogen-bond donors (Lipinski definition) is 0. The molecule has 0 radical (unpaired) electrons. The highest BCUT2D eigenvalue weighted by Crippen LogP contribution is 2.31. The molecule has 3 heteroatoms. The Balaban J connectivity index is 2.16. The van der Waals surface area contributed by atoms with Gasteiger partial charge in [-0.3, -0.25) is 0 Å². The van der Waals surface area contributed by atoms with Crippen LogP contribution in [0.3, 0.4) is 0 Å². The molecule has 20 heavy (non-hydrogen) atoms. The van der Waals surface area contributed by atoms with E-state index in [1.807, 2.05) is 48.5 Å². The maximum absolute atomic E-state index is 6.54. The van der Waals surface area contributed by atoms with Gasteiger partial charge >= 0.3 is 0 Å². The van der Waals surface area contributed by atoms with Gasteiger partial charge in [0.05, 0.1) is 19.1 Å². The fourth-order valence-corrected chi connectivity index (χ4v) is 2.23. The number of halogens is 1. The van der Waals surface area contributed by atoms with Crippen LogP contribution in [0.15, 0.2) is 48.5 Å². The lowest BCUT2D eigenvalue weighted by molar-refractivity contribution is 0.317. The van der Waals surface area contributed by atoms with E-state index in [1.165, 1.54) is 0 Å². The third-order valence-electron chi connectivity index (χ3n) is 3.03. The molecule has 0 amide bonds. The Morgan fingerprint density at radius 1 is 1.00 bits per heavy atom. The van der Waals surface area contributed by atoms with Crippen molar-refractivity contribution in [1.29, 1.82) is 0 Å². The second kappa shape index (κ2) is 7.20. The number of alkyl halides is 1. The zero-order chi connectivity index (χ0) is 14.4. The summed E-state index contributed by atoms with van der Waals surface area (Å²) in [6.07, 6.45) is 0.993. The van der Waals surface area contributed by atoms with Crippen LogP contribution in [-0.2, 0) is 0 Å². The summed E-state index contributed by atoms with van der Waals surface area (Å²) >= 11 is 6.54. The molecular weight excluding hydrogens is 272 g/mol. The van der Waals surface area contributed by atoms with Crippen molar-refractivity contribution in [3.05, 3.63) is 59.7 Å². The fourth-order valence-electron chi connectivity index (χ4n) is 1.95. The molecule has 0 aliphatic rings. The van der Waals surface area contributed by atoms with Gasteiger partial charge in [0.1, 0.15) is 11.5 Å². The molecule has 0 heterocycles. The second-order valence-corrected chi connectivity index (χ2v) is 4.99. The average Bonchev–Trinajstić information content (AvgIpc) is 2.52. The van der Waals surface area contributed by atoms with Crippen molar-refractivity contribution in [2.75, 3.05) is 13.7 Å². The number of benzene rings is 2. The molecule has 2 aromatic carbocycles. The smallest absolute Gasteiger partial charge is 0.119 e. The summed E-state index contributed by atoms with van der Waals surface area (Å²) in [4.78, 5) is 0. The molecule has 0 aliphatic heterocycles. The van der Waals surface area contributed by atoms with Crippen molar-refractivity contribution in [1.82, 2.24) is 0 Å². The van der Waals surface area contributed by atoms with Crippen LogP contribution >= 0.6 is 11.6 Å². The summed E-state index contributed by atoms with van der Waals surface area (Å²) in [5.41, 5.74) is 2.07. The first kappa shape index (κ1) is 14.7. The molecule has 0 saturated carbocycles. The number of rotatable bonds is 6. The van der Waals surface area contributed by atoms with Crippen molar-refractivity contribution in [2.45, 2.75) is 18.7 Å². The zero-order valence-corrected chi connectivity index (χ0v) is 12.6. The molecule has 2 aromatic rings. The molecule has 0 aromatic heterocycles. The maximum Gasteiger partial charge on any atom is 0.119 e. The second-order valence-electron chi connectivity index (χ2n) is 4.56. The Morgan fingerprint density at radius 2 is 1.75 bits per heavy atom. The van der Waals surface area contributed by atoms with E-state index in [4.69, 9.17) is 21.1 Å². The largest absolute Gasteiger partial charge is 0.497 e. The summed E-state index contributed by atoms with van der Waals surface area (Å²) in [6.45, 7) is 2.81. The van der Waals surface area contributed by atoms with E-state index in [-0.39, 0.29) is 5.38 Å². The van der Waals surface area contributed by atoms with E-state index in [0.29, 0.717) is 0 Å². The van der Waals surface area contributed by atoms with Crippen LogP contribution in [-0.4, -0.2) is 13.7 Å². The molecule has 0 saturated heterocycles. The van der Waals surface area contributed by atoms with Crippen LogP contribution in [0.5, 0.6) is 11.5 Å². The van der Waals surface area contributed by atoms with Gasteiger partial charge in [0.2, 0.25) is 0 Å². The maximum atomic E-state index is 6.54. The highest BCUT2D eigenvalue weighted by Gasteiger charge is 2.11. The number of ether oxygens (including phenoxy) is 2. The normalized spacial score (nSPS) is 11.9. The predicted octanol–water partition coefficient (Wildman–Crippen LogP) is 4.81. The third kappa shape index (κ3) is 3.67. The van der Waals surface area contributed by atoms with E-state index >= 15 is 0 Å². The first-order valence-electron chi connectivity index (χ1n) is 6.75. The van der Waals surface area contributed by atoms with Gasteiger partial charge in [-0.05, 0) is 41.8 Å². The van der Waals surface area contributed by atoms with Gasteiger partial charge in [-0.15, -0.1) is 11.6 Å². The lowest BCUT2D eigenvalue weighted by atomic mass is 10.0. The van der Waals surface area contributed by atoms with Crippen LogP contribution in [0.25, 0.3) is 0 Å². The predicted molar refractivity (Wildman–Crippen MR) is 82.9 cm³/mol. The Morgan fingerprint density at radius 3 is 2.40 bits per heavy atom. The molecular formula is C17H19ClO2. The standard InChI is InChI=1S/C17H19ClO2/c1-3-11-20-16-6-4-5-14(12-16)17(18)13-7-9-15(19-2)10-8-13/h4-10,12,17H,3,11H2,1-2H3. The lowest BCUT2D eigenvalue weighted by Crippen LogP contribution is -1.97. The minimum atomic E-state index is -0.189. The van der Waals surface area contributed by atoms with E-state index in [9.17, 15) is 0 Å². The molecule has 0 aliphatic carbocycles. The van der Waals surface area contributed by atoms with Gasteiger partial charge in [0, 0.05) is 0 Å². The molecule has 1 unspecified atom stereocenters.